The molecule has 4 heteroatoms. The van der Waals surface area contributed by atoms with Crippen LogP contribution in [0.25, 0.3) is 10.9 Å². The molecule has 80 valence electrons. The monoisotopic (exact) mass is 208 g/mol. The third-order valence-electron chi connectivity index (χ3n) is 2.41. The summed E-state index contributed by atoms with van der Waals surface area (Å²) in [7, 11) is 1.49. The minimum absolute atomic E-state index is 0.212. The second kappa shape index (κ2) is 3.53. The molecule has 0 aliphatic heterocycles. The van der Waals surface area contributed by atoms with E-state index in [1.807, 2.05) is 18.4 Å². The fourth-order valence-corrected chi connectivity index (χ4v) is 1.71. The van der Waals surface area contributed by atoms with Crippen molar-refractivity contribution in [1.82, 2.24) is 9.55 Å². The molecule has 0 unspecified atom stereocenters. The lowest BCUT2D eigenvalue weighted by Crippen LogP contribution is -1.98. The molecule has 0 saturated heterocycles. The van der Waals surface area contributed by atoms with Crippen molar-refractivity contribution >= 4 is 10.9 Å². The van der Waals surface area contributed by atoms with Crippen molar-refractivity contribution in [3.05, 3.63) is 24.3 Å². The molecular formula is C11H13FN2O. The summed E-state index contributed by atoms with van der Waals surface area (Å²) < 4.78 is 20.6. The van der Waals surface area contributed by atoms with Gasteiger partial charge in [-0.1, -0.05) is 0 Å². The van der Waals surface area contributed by atoms with Crippen LogP contribution in [0.4, 0.5) is 4.39 Å². The summed E-state index contributed by atoms with van der Waals surface area (Å²) in [6.45, 7) is 4.01. The molecule has 0 amide bonds. The van der Waals surface area contributed by atoms with Gasteiger partial charge in [-0.05, 0) is 19.9 Å². The van der Waals surface area contributed by atoms with E-state index >= 15 is 0 Å². The second-order valence-electron chi connectivity index (χ2n) is 3.69. The van der Waals surface area contributed by atoms with Gasteiger partial charge in [0.15, 0.2) is 5.82 Å². The van der Waals surface area contributed by atoms with E-state index < -0.39 is 0 Å². The second-order valence-corrected chi connectivity index (χ2v) is 3.69. The maximum absolute atomic E-state index is 13.7. The van der Waals surface area contributed by atoms with Crippen molar-refractivity contribution in [2.24, 2.45) is 0 Å². The predicted molar refractivity (Wildman–Crippen MR) is 56.6 cm³/mol. The van der Waals surface area contributed by atoms with Gasteiger partial charge in [0, 0.05) is 18.4 Å². The van der Waals surface area contributed by atoms with Gasteiger partial charge in [0.1, 0.15) is 0 Å². The lowest BCUT2D eigenvalue weighted by Gasteiger charge is -2.08. The molecule has 0 aromatic carbocycles. The summed E-state index contributed by atoms with van der Waals surface area (Å²) in [6.07, 6.45) is 3.11. The van der Waals surface area contributed by atoms with Gasteiger partial charge in [-0.25, -0.2) is 9.37 Å². The van der Waals surface area contributed by atoms with Crippen LogP contribution in [-0.4, -0.2) is 16.7 Å². The SMILES string of the molecule is COc1nccc2c1c(F)cn2C(C)C. The Morgan fingerprint density at radius 1 is 1.47 bits per heavy atom. The Labute approximate surface area is 87.5 Å². The van der Waals surface area contributed by atoms with Crippen molar-refractivity contribution < 1.29 is 9.13 Å². The highest BCUT2D eigenvalue weighted by atomic mass is 19.1. The maximum atomic E-state index is 13.7. The molecule has 2 rings (SSSR count). The number of methoxy groups -OCH3 is 1. The van der Waals surface area contributed by atoms with Gasteiger partial charge < -0.3 is 9.30 Å². The maximum Gasteiger partial charge on any atom is 0.225 e. The molecule has 0 fully saturated rings. The topological polar surface area (TPSA) is 27.1 Å². The minimum atomic E-state index is -0.288. The average molecular weight is 208 g/mol. The Morgan fingerprint density at radius 2 is 2.20 bits per heavy atom. The van der Waals surface area contributed by atoms with Gasteiger partial charge >= 0.3 is 0 Å². The van der Waals surface area contributed by atoms with Crippen molar-refractivity contribution in [2.45, 2.75) is 19.9 Å². The van der Waals surface area contributed by atoms with Crippen LogP contribution in [0.1, 0.15) is 19.9 Å². The fraction of sp³-hybridized carbons (Fsp3) is 0.364. The van der Waals surface area contributed by atoms with Crippen LogP contribution in [0.5, 0.6) is 5.88 Å². The predicted octanol–water partition coefficient (Wildman–Crippen LogP) is 2.76. The van der Waals surface area contributed by atoms with E-state index in [4.69, 9.17) is 4.74 Å². The first-order valence-electron chi connectivity index (χ1n) is 4.84. The Hall–Kier alpha value is -1.58. The molecule has 0 saturated carbocycles. The van der Waals surface area contributed by atoms with Crippen LogP contribution in [0.3, 0.4) is 0 Å². The minimum Gasteiger partial charge on any atom is -0.480 e. The lowest BCUT2D eigenvalue weighted by molar-refractivity contribution is 0.402. The number of pyridine rings is 1. The molecule has 0 aliphatic rings. The van der Waals surface area contributed by atoms with Crippen molar-refractivity contribution in [3.8, 4) is 5.88 Å². The molecule has 0 aliphatic carbocycles. The van der Waals surface area contributed by atoms with Crippen LogP contribution in [-0.2, 0) is 0 Å². The number of ether oxygens (including phenoxy) is 1. The highest BCUT2D eigenvalue weighted by Crippen LogP contribution is 2.29. The summed E-state index contributed by atoms with van der Waals surface area (Å²) in [6, 6.07) is 2.00. The van der Waals surface area contributed by atoms with Gasteiger partial charge in [-0.3, -0.25) is 0 Å². The number of halogens is 1. The molecule has 2 aromatic rings. The number of hydrogen-bond donors (Lipinski definition) is 0. The highest BCUT2D eigenvalue weighted by Gasteiger charge is 2.14. The first kappa shape index (κ1) is 9.96. The Bertz CT molecular complexity index is 491. The van der Waals surface area contributed by atoms with Gasteiger partial charge in [0.2, 0.25) is 5.88 Å². The van der Waals surface area contributed by atoms with Crippen LogP contribution in [0.15, 0.2) is 18.5 Å². The molecule has 0 N–H and O–H groups in total. The number of aromatic nitrogens is 2. The van der Waals surface area contributed by atoms with Gasteiger partial charge in [0.05, 0.1) is 18.0 Å². The zero-order valence-electron chi connectivity index (χ0n) is 8.99. The molecule has 0 spiro atoms. The largest absolute Gasteiger partial charge is 0.480 e. The van der Waals surface area contributed by atoms with E-state index in [1.165, 1.54) is 13.3 Å². The van der Waals surface area contributed by atoms with E-state index in [2.05, 4.69) is 4.98 Å². The van der Waals surface area contributed by atoms with E-state index in [1.54, 1.807) is 12.3 Å². The van der Waals surface area contributed by atoms with E-state index in [9.17, 15) is 4.39 Å². The summed E-state index contributed by atoms with van der Waals surface area (Å²) in [5.41, 5.74) is 0.814. The van der Waals surface area contributed by atoms with Crippen LogP contribution in [0.2, 0.25) is 0 Å². The Balaban J connectivity index is 2.79. The first-order chi connectivity index (χ1) is 7.15. The molecule has 3 nitrogen and oxygen atoms in total. The average Bonchev–Trinajstić information content (AvgIpc) is 2.56. The summed E-state index contributed by atoms with van der Waals surface area (Å²) in [4.78, 5) is 3.98. The third-order valence-corrected chi connectivity index (χ3v) is 2.41. The zero-order valence-corrected chi connectivity index (χ0v) is 8.99. The fourth-order valence-electron chi connectivity index (χ4n) is 1.71. The van der Waals surface area contributed by atoms with Crippen LogP contribution in [0, 0.1) is 5.82 Å². The highest BCUT2D eigenvalue weighted by molar-refractivity contribution is 5.85. The molecular weight excluding hydrogens is 195 g/mol. The van der Waals surface area contributed by atoms with Crippen molar-refractivity contribution in [1.29, 1.82) is 0 Å². The Morgan fingerprint density at radius 3 is 2.80 bits per heavy atom. The summed E-state index contributed by atoms with van der Waals surface area (Å²) in [5.74, 6) is 0.0491. The molecule has 0 bridgehead atoms. The quantitative estimate of drug-likeness (QED) is 0.758. The number of hydrogen-bond acceptors (Lipinski definition) is 2. The summed E-state index contributed by atoms with van der Waals surface area (Å²) >= 11 is 0. The number of nitrogens with zero attached hydrogens (tertiary/aromatic N) is 2. The van der Waals surface area contributed by atoms with E-state index in [0.29, 0.717) is 11.3 Å². The molecule has 2 heterocycles. The first-order valence-corrected chi connectivity index (χ1v) is 4.84. The molecule has 0 radical (unpaired) electrons. The number of rotatable bonds is 2. The smallest absolute Gasteiger partial charge is 0.225 e. The van der Waals surface area contributed by atoms with E-state index in [-0.39, 0.29) is 11.9 Å². The third kappa shape index (κ3) is 1.46. The van der Waals surface area contributed by atoms with Crippen molar-refractivity contribution in [2.75, 3.05) is 7.11 Å². The zero-order chi connectivity index (χ0) is 11.0. The summed E-state index contributed by atoms with van der Waals surface area (Å²) in [5, 5.41) is 0.452. The molecule has 0 atom stereocenters. The molecule has 15 heavy (non-hydrogen) atoms. The van der Waals surface area contributed by atoms with Crippen LogP contribution < -0.4 is 4.74 Å². The standard InChI is InChI=1S/C11H13FN2O/c1-7(2)14-6-8(12)10-9(14)4-5-13-11(10)15-3/h4-7H,1-3H3. The Kier molecular flexibility index (Phi) is 2.34. The number of fused-ring (bicyclic) bond motifs is 1. The van der Waals surface area contributed by atoms with E-state index in [0.717, 1.165) is 5.52 Å². The normalized spacial score (nSPS) is 11.3. The van der Waals surface area contributed by atoms with Gasteiger partial charge in [-0.2, -0.15) is 0 Å². The molecule has 2 aromatic heterocycles. The van der Waals surface area contributed by atoms with Gasteiger partial charge in [0.25, 0.3) is 0 Å². The van der Waals surface area contributed by atoms with Gasteiger partial charge in [-0.15, -0.1) is 0 Å². The lowest BCUT2D eigenvalue weighted by atomic mass is 10.3. The van der Waals surface area contributed by atoms with Crippen molar-refractivity contribution in [3.63, 3.8) is 0 Å². The van der Waals surface area contributed by atoms with Crippen LogP contribution >= 0.6 is 0 Å².